The molecule has 0 saturated carbocycles. The first-order chi connectivity index (χ1) is 18.9. The van der Waals surface area contributed by atoms with Crippen LogP contribution in [-0.2, 0) is 9.47 Å². The number of imide groups is 1. The molecule has 0 radical (unpaired) electrons. The number of aromatic nitrogens is 1. The molecule has 4 rings (SSSR count). The molecular weight excluding hydrogens is 518 g/mol. The molecule has 1 unspecified atom stereocenters. The lowest BCUT2D eigenvalue weighted by atomic mass is 10.1. The van der Waals surface area contributed by atoms with Gasteiger partial charge in [0.05, 0.1) is 35.9 Å². The Kier molecular flexibility index (Phi) is 8.24. The van der Waals surface area contributed by atoms with Gasteiger partial charge in [0.15, 0.2) is 11.7 Å². The average molecular weight is 550 g/mol. The number of rotatable bonds is 4. The van der Waals surface area contributed by atoms with E-state index >= 15 is 0 Å². The van der Waals surface area contributed by atoms with Crippen molar-refractivity contribution in [2.45, 2.75) is 39.3 Å². The molecule has 1 fully saturated rings. The van der Waals surface area contributed by atoms with Crippen molar-refractivity contribution in [3.05, 3.63) is 59.3 Å². The quantitative estimate of drug-likeness (QED) is 0.332. The number of alkyl carbamates (subject to hydrolysis) is 1. The Bertz CT molecular complexity index is 1340. The highest BCUT2D eigenvalue weighted by Crippen LogP contribution is 2.26. The predicted octanol–water partition coefficient (Wildman–Crippen LogP) is 2.11. The van der Waals surface area contributed by atoms with E-state index in [1.165, 1.54) is 12.3 Å². The van der Waals surface area contributed by atoms with E-state index in [1.54, 1.807) is 62.9 Å². The third kappa shape index (κ3) is 6.49. The maximum absolute atomic E-state index is 13.1. The van der Waals surface area contributed by atoms with Crippen molar-refractivity contribution in [3.63, 3.8) is 0 Å². The van der Waals surface area contributed by atoms with Crippen LogP contribution in [-0.4, -0.2) is 88.3 Å². The summed E-state index contributed by atoms with van der Waals surface area (Å²) in [6, 6.07) is 8.53. The Morgan fingerprint density at radius 3 is 2.25 bits per heavy atom. The van der Waals surface area contributed by atoms with Gasteiger partial charge in [-0.2, -0.15) is 4.99 Å². The van der Waals surface area contributed by atoms with Gasteiger partial charge < -0.3 is 20.1 Å². The summed E-state index contributed by atoms with van der Waals surface area (Å²) in [6.45, 7) is 8.54. The van der Waals surface area contributed by atoms with Crippen molar-refractivity contribution in [2.24, 2.45) is 15.7 Å². The highest BCUT2D eigenvalue weighted by atomic mass is 16.6. The van der Waals surface area contributed by atoms with Crippen LogP contribution in [0.15, 0.2) is 52.6 Å². The van der Waals surface area contributed by atoms with Crippen LogP contribution in [0.25, 0.3) is 0 Å². The Balaban J connectivity index is 1.63. The number of pyridine rings is 1. The minimum absolute atomic E-state index is 0.0807. The molecule has 1 aromatic heterocycles. The number of hydrogen-bond acceptors (Lipinski definition) is 8. The van der Waals surface area contributed by atoms with Gasteiger partial charge in [-0.15, -0.1) is 0 Å². The van der Waals surface area contributed by atoms with Crippen LogP contribution < -0.4 is 11.1 Å². The van der Waals surface area contributed by atoms with E-state index in [0.29, 0.717) is 31.9 Å². The molecule has 13 heteroatoms. The second-order valence-corrected chi connectivity index (χ2v) is 10.1. The number of nitrogens with zero attached hydrogens (tertiary/aromatic N) is 5. The first-order valence-corrected chi connectivity index (χ1v) is 12.7. The molecule has 13 nitrogen and oxygen atoms in total. The lowest BCUT2D eigenvalue weighted by Gasteiger charge is -2.26. The van der Waals surface area contributed by atoms with E-state index < -0.39 is 29.6 Å². The van der Waals surface area contributed by atoms with E-state index in [9.17, 15) is 19.2 Å². The monoisotopic (exact) mass is 549 g/mol. The molecule has 2 aliphatic rings. The van der Waals surface area contributed by atoms with E-state index in [2.05, 4.69) is 20.3 Å². The van der Waals surface area contributed by atoms with Gasteiger partial charge in [0.2, 0.25) is 5.96 Å². The molecule has 3 heterocycles. The highest BCUT2D eigenvalue weighted by molar-refractivity contribution is 6.23. The van der Waals surface area contributed by atoms with Gasteiger partial charge in [0.1, 0.15) is 5.60 Å². The molecule has 40 heavy (non-hydrogen) atoms. The van der Waals surface area contributed by atoms with E-state index in [1.807, 2.05) is 0 Å². The summed E-state index contributed by atoms with van der Waals surface area (Å²) < 4.78 is 10.5. The van der Waals surface area contributed by atoms with Gasteiger partial charge in [0, 0.05) is 19.3 Å². The minimum Gasteiger partial charge on any atom is -0.444 e. The van der Waals surface area contributed by atoms with Crippen LogP contribution in [0.3, 0.4) is 0 Å². The van der Waals surface area contributed by atoms with Gasteiger partial charge in [-0.05, 0) is 52.0 Å². The second kappa shape index (κ2) is 11.6. The number of carbonyl (C=O) groups excluding carboxylic acids is 4. The van der Waals surface area contributed by atoms with Gasteiger partial charge in [-0.1, -0.05) is 12.1 Å². The smallest absolute Gasteiger partial charge is 0.414 e. The molecule has 4 amide bonds. The Morgan fingerprint density at radius 1 is 1.07 bits per heavy atom. The fourth-order valence-corrected chi connectivity index (χ4v) is 4.09. The number of morpholine rings is 1. The second-order valence-electron chi connectivity index (χ2n) is 10.1. The van der Waals surface area contributed by atoms with E-state index in [-0.39, 0.29) is 34.6 Å². The minimum atomic E-state index is -0.997. The van der Waals surface area contributed by atoms with Crippen LogP contribution in [0.4, 0.5) is 10.6 Å². The van der Waals surface area contributed by atoms with Crippen molar-refractivity contribution in [1.82, 2.24) is 20.1 Å². The summed E-state index contributed by atoms with van der Waals surface area (Å²) in [7, 11) is 0. The van der Waals surface area contributed by atoms with E-state index in [4.69, 9.17) is 15.2 Å². The fraction of sp³-hybridized carbons (Fsp3) is 0.370. The summed E-state index contributed by atoms with van der Waals surface area (Å²) in [4.78, 5) is 66.8. The number of amidine groups is 1. The molecule has 2 aromatic rings. The summed E-state index contributed by atoms with van der Waals surface area (Å²) in [5.74, 6) is -1.53. The van der Waals surface area contributed by atoms with Crippen LogP contribution in [0, 0.1) is 0 Å². The summed E-state index contributed by atoms with van der Waals surface area (Å²) in [5.41, 5.74) is 6.07. The van der Waals surface area contributed by atoms with Gasteiger partial charge >= 0.3 is 6.09 Å². The number of hydrogen-bond donors (Lipinski definition) is 2. The number of nitrogens with two attached hydrogens (primary N) is 1. The number of ether oxygens (including phenoxy) is 2. The SMILES string of the molecule is CC(C(N=C(N)NC(=O)OC(C)(C)C)=Nc1ccc(C(=O)N2CCOCC2)cn1)N1C(=O)c2ccccc2C1=O. The standard InChI is InChI=1S/C27H31N7O6/c1-16(34-23(36)18-7-5-6-8-19(18)24(34)37)21(31-25(28)32-26(38)40-27(2,3)4)30-20-10-9-17(15-29-20)22(35)33-11-13-39-14-12-33/h5-10,15-16H,11-14H2,1-4H3,(H3,28,29,30,31,32,38). The normalized spacial score (nSPS) is 17.0. The van der Waals surface area contributed by atoms with Crippen molar-refractivity contribution >= 4 is 41.4 Å². The molecule has 1 saturated heterocycles. The first kappa shape index (κ1) is 28.4. The topological polar surface area (TPSA) is 169 Å². The Morgan fingerprint density at radius 2 is 1.70 bits per heavy atom. The van der Waals surface area contributed by atoms with Crippen molar-refractivity contribution < 1.29 is 28.7 Å². The average Bonchev–Trinajstić information content (AvgIpc) is 3.17. The number of aliphatic imine (C=N–C) groups is 2. The number of amides is 4. The summed E-state index contributed by atoms with van der Waals surface area (Å²) in [5, 5.41) is 2.31. The predicted molar refractivity (Wildman–Crippen MR) is 145 cm³/mol. The Hall–Kier alpha value is -4.65. The summed E-state index contributed by atoms with van der Waals surface area (Å²) in [6.07, 6.45) is 0.540. The van der Waals surface area contributed by atoms with Gasteiger partial charge in [-0.25, -0.2) is 14.8 Å². The zero-order valence-electron chi connectivity index (χ0n) is 22.7. The highest BCUT2D eigenvalue weighted by Gasteiger charge is 2.40. The fourth-order valence-electron chi connectivity index (χ4n) is 4.09. The molecule has 2 aliphatic heterocycles. The molecule has 210 valence electrons. The lowest BCUT2D eigenvalue weighted by Crippen LogP contribution is -2.45. The van der Waals surface area contributed by atoms with Gasteiger partial charge in [-0.3, -0.25) is 24.6 Å². The van der Waals surface area contributed by atoms with Crippen molar-refractivity contribution in [3.8, 4) is 0 Å². The number of guanidine groups is 1. The number of fused-ring (bicyclic) bond motifs is 1. The van der Waals surface area contributed by atoms with E-state index in [0.717, 1.165) is 4.90 Å². The molecule has 0 bridgehead atoms. The molecule has 1 atom stereocenters. The maximum atomic E-state index is 13.1. The number of nitrogens with one attached hydrogen (secondary N) is 1. The number of carbonyl (C=O) groups is 4. The lowest BCUT2D eigenvalue weighted by molar-refractivity contribution is 0.0302. The summed E-state index contributed by atoms with van der Waals surface area (Å²) >= 11 is 0. The van der Waals surface area contributed by atoms with Crippen LogP contribution in [0.2, 0.25) is 0 Å². The van der Waals surface area contributed by atoms with Crippen LogP contribution in [0.1, 0.15) is 58.8 Å². The molecule has 0 spiro atoms. The molecule has 0 aliphatic carbocycles. The number of benzene rings is 1. The van der Waals surface area contributed by atoms with Crippen LogP contribution >= 0.6 is 0 Å². The molecular formula is C27H31N7O6. The van der Waals surface area contributed by atoms with Gasteiger partial charge in [0.25, 0.3) is 17.7 Å². The Labute approximate surface area is 231 Å². The first-order valence-electron chi connectivity index (χ1n) is 12.7. The molecule has 1 aromatic carbocycles. The van der Waals surface area contributed by atoms with Crippen molar-refractivity contribution in [2.75, 3.05) is 26.3 Å². The molecule has 3 N–H and O–H groups in total. The third-order valence-corrected chi connectivity index (χ3v) is 5.97. The zero-order chi connectivity index (χ0) is 29.0. The van der Waals surface area contributed by atoms with Crippen molar-refractivity contribution in [1.29, 1.82) is 0 Å². The zero-order valence-corrected chi connectivity index (χ0v) is 22.7. The third-order valence-electron chi connectivity index (χ3n) is 5.97. The maximum Gasteiger partial charge on any atom is 0.414 e. The largest absolute Gasteiger partial charge is 0.444 e. The van der Waals surface area contributed by atoms with Crippen LogP contribution in [0.5, 0.6) is 0 Å².